The molecule has 0 aliphatic heterocycles. The van der Waals surface area contributed by atoms with Gasteiger partial charge in [0.2, 0.25) is 0 Å². The van der Waals surface area contributed by atoms with Crippen LogP contribution < -0.4 is 5.73 Å². The second-order valence-corrected chi connectivity index (χ2v) is 8.40. The van der Waals surface area contributed by atoms with E-state index in [2.05, 4.69) is 50.4 Å². The van der Waals surface area contributed by atoms with Crippen molar-refractivity contribution in [3.63, 3.8) is 0 Å². The highest BCUT2D eigenvalue weighted by atomic mass is 32.2. The Balaban J connectivity index is 2.01. The number of thioether (sulfide) groups is 1. The van der Waals surface area contributed by atoms with E-state index in [1.165, 1.54) is 15.6 Å². The number of nitrogens with two attached hydrogens (primary N) is 1. The first-order valence-corrected chi connectivity index (χ1v) is 8.17. The summed E-state index contributed by atoms with van der Waals surface area (Å²) in [6, 6.07) is 8.82. The molecule has 1 aromatic carbocycles. The molecule has 0 aliphatic rings. The van der Waals surface area contributed by atoms with Gasteiger partial charge in [-0.2, -0.15) is 11.8 Å². The molecule has 0 spiro atoms. The van der Waals surface area contributed by atoms with E-state index in [9.17, 15) is 0 Å². The van der Waals surface area contributed by atoms with Gasteiger partial charge in [0.25, 0.3) is 0 Å². The van der Waals surface area contributed by atoms with Crippen LogP contribution in [0.2, 0.25) is 0 Å². The van der Waals surface area contributed by atoms with E-state index in [0.29, 0.717) is 4.75 Å². The van der Waals surface area contributed by atoms with E-state index in [-0.39, 0.29) is 6.04 Å². The highest BCUT2D eigenvalue weighted by Gasteiger charge is 2.14. The third kappa shape index (κ3) is 3.74. The van der Waals surface area contributed by atoms with Crippen LogP contribution in [0.15, 0.2) is 29.6 Å². The van der Waals surface area contributed by atoms with Crippen LogP contribution >= 0.6 is 23.1 Å². The molecular formula is C15H21NS2. The van der Waals surface area contributed by atoms with Crippen molar-refractivity contribution >= 4 is 33.2 Å². The zero-order valence-corrected chi connectivity index (χ0v) is 12.9. The molecule has 0 saturated carbocycles. The lowest BCUT2D eigenvalue weighted by Crippen LogP contribution is -2.27. The van der Waals surface area contributed by atoms with Gasteiger partial charge in [-0.3, -0.25) is 0 Å². The van der Waals surface area contributed by atoms with E-state index in [1.54, 1.807) is 0 Å². The van der Waals surface area contributed by atoms with Crippen LogP contribution in [0.1, 0.15) is 26.3 Å². The third-order valence-corrected chi connectivity index (χ3v) is 5.25. The van der Waals surface area contributed by atoms with Crippen molar-refractivity contribution in [1.82, 2.24) is 0 Å². The normalized spacial score (nSPS) is 14.0. The molecule has 1 heterocycles. The number of rotatable bonds is 4. The lowest BCUT2D eigenvalue weighted by atomic mass is 10.1. The van der Waals surface area contributed by atoms with Crippen LogP contribution in [0.25, 0.3) is 10.1 Å². The van der Waals surface area contributed by atoms with E-state index in [1.807, 2.05) is 23.1 Å². The summed E-state index contributed by atoms with van der Waals surface area (Å²) in [6.07, 6.45) is 0.979. The summed E-state index contributed by atoms with van der Waals surface area (Å²) in [4.78, 5) is 0. The highest BCUT2D eigenvalue weighted by Crippen LogP contribution is 2.28. The minimum absolute atomic E-state index is 0.243. The van der Waals surface area contributed by atoms with E-state index >= 15 is 0 Å². The van der Waals surface area contributed by atoms with Gasteiger partial charge < -0.3 is 5.73 Å². The minimum Gasteiger partial charge on any atom is -0.327 e. The number of benzene rings is 1. The smallest absolute Gasteiger partial charge is 0.0345 e. The molecule has 0 radical (unpaired) electrons. The summed E-state index contributed by atoms with van der Waals surface area (Å²) < 4.78 is 1.66. The predicted molar refractivity (Wildman–Crippen MR) is 85.7 cm³/mol. The van der Waals surface area contributed by atoms with Gasteiger partial charge in [-0.1, -0.05) is 39.0 Å². The summed E-state index contributed by atoms with van der Waals surface area (Å²) in [5, 5.41) is 3.63. The van der Waals surface area contributed by atoms with E-state index in [4.69, 9.17) is 5.73 Å². The molecule has 18 heavy (non-hydrogen) atoms. The first-order chi connectivity index (χ1) is 8.46. The van der Waals surface area contributed by atoms with Crippen molar-refractivity contribution in [2.24, 2.45) is 5.73 Å². The van der Waals surface area contributed by atoms with Gasteiger partial charge in [-0.05, 0) is 28.8 Å². The minimum atomic E-state index is 0.243. The van der Waals surface area contributed by atoms with Gasteiger partial charge in [-0.15, -0.1) is 11.3 Å². The molecule has 0 fully saturated rings. The summed E-state index contributed by atoms with van der Waals surface area (Å²) >= 11 is 3.76. The molecule has 2 rings (SSSR count). The fourth-order valence-corrected chi connectivity index (χ4v) is 3.70. The molecule has 2 N–H and O–H groups in total. The number of fused-ring (bicyclic) bond motifs is 1. The molecule has 3 heteroatoms. The van der Waals surface area contributed by atoms with Crippen LogP contribution in [0.4, 0.5) is 0 Å². The number of hydrogen-bond acceptors (Lipinski definition) is 3. The van der Waals surface area contributed by atoms with Crippen molar-refractivity contribution in [2.45, 2.75) is 38.0 Å². The molecule has 1 nitrogen and oxygen atoms in total. The molecule has 1 atom stereocenters. The lowest BCUT2D eigenvalue weighted by Gasteiger charge is -2.20. The Labute approximate surface area is 118 Å². The fraction of sp³-hybridized carbons (Fsp3) is 0.467. The van der Waals surface area contributed by atoms with Gasteiger partial charge in [-0.25, -0.2) is 0 Å². The summed E-state index contributed by atoms with van der Waals surface area (Å²) in [6.45, 7) is 6.72. The molecule has 0 bridgehead atoms. The first-order valence-electron chi connectivity index (χ1n) is 6.30. The van der Waals surface area contributed by atoms with Crippen LogP contribution in [-0.4, -0.2) is 16.5 Å². The Morgan fingerprint density at radius 1 is 1.28 bits per heavy atom. The Bertz CT molecular complexity index is 510. The Morgan fingerprint density at radius 3 is 2.72 bits per heavy atom. The molecular weight excluding hydrogens is 258 g/mol. The highest BCUT2D eigenvalue weighted by molar-refractivity contribution is 8.00. The quantitative estimate of drug-likeness (QED) is 0.903. The maximum absolute atomic E-state index is 6.25. The largest absolute Gasteiger partial charge is 0.327 e. The van der Waals surface area contributed by atoms with Crippen LogP contribution in [0.3, 0.4) is 0 Å². The Morgan fingerprint density at radius 2 is 2.00 bits per heavy atom. The van der Waals surface area contributed by atoms with Crippen LogP contribution in [0, 0.1) is 0 Å². The van der Waals surface area contributed by atoms with E-state index in [0.717, 1.165) is 12.2 Å². The van der Waals surface area contributed by atoms with Crippen molar-refractivity contribution < 1.29 is 0 Å². The fourth-order valence-electron chi connectivity index (χ4n) is 1.89. The standard InChI is InChI=1S/C15H21NS2/c1-15(2,3)18-10-12(16)8-11-9-17-14-7-5-4-6-13(11)14/h4-7,9,12H,8,10,16H2,1-3H3. The van der Waals surface area contributed by atoms with Crippen LogP contribution in [0.5, 0.6) is 0 Å². The zero-order valence-electron chi connectivity index (χ0n) is 11.3. The maximum Gasteiger partial charge on any atom is 0.0345 e. The van der Waals surface area contributed by atoms with E-state index < -0.39 is 0 Å². The number of thiophene rings is 1. The molecule has 0 aliphatic carbocycles. The number of hydrogen-bond donors (Lipinski definition) is 1. The monoisotopic (exact) mass is 279 g/mol. The predicted octanol–water partition coefficient (Wildman–Crippen LogP) is 4.30. The van der Waals surface area contributed by atoms with Crippen LogP contribution in [-0.2, 0) is 6.42 Å². The molecule has 2 aromatic rings. The van der Waals surface area contributed by atoms with Gasteiger partial charge in [0, 0.05) is 21.2 Å². The van der Waals surface area contributed by atoms with Gasteiger partial charge in [0.15, 0.2) is 0 Å². The van der Waals surface area contributed by atoms with Gasteiger partial charge in [0.05, 0.1) is 0 Å². The molecule has 1 unspecified atom stereocenters. The summed E-state index contributed by atoms with van der Waals surface area (Å²) in [5.74, 6) is 1.02. The molecule has 1 aromatic heterocycles. The van der Waals surface area contributed by atoms with Crippen molar-refractivity contribution in [2.75, 3.05) is 5.75 Å². The Kier molecular flexibility index (Phi) is 4.36. The van der Waals surface area contributed by atoms with Gasteiger partial charge >= 0.3 is 0 Å². The Hall–Kier alpha value is -0.510. The average molecular weight is 279 g/mol. The van der Waals surface area contributed by atoms with Crippen molar-refractivity contribution in [3.05, 3.63) is 35.2 Å². The third-order valence-electron chi connectivity index (χ3n) is 2.77. The van der Waals surface area contributed by atoms with Crippen molar-refractivity contribution in [1.29, 1.82) is 0 Å². The van der Waals surface area contributed by atoms with Gasteiger partial charge in [0.1, 0.15) is 0 Å². The second kappa shape index (κ2) is 5.64. The van der Waals surface area contributed by atoms with Crippen molar-refractivity contribution in [3.8, 4) is 0 Å². The first kappa shape index (κ1) is 13.9. The summed E-state index contributed by atoms with van der Waals surface area (Å²) in [7, 11) is 0. The average Bonchev–Trinajstić information content (AvgIpc) is 2.70. The molecule has 0 saturated heterocycles. The molecule has 98 valence electrons. The summed E-state index contributed by atoms with van der Waals surface area (Å²) in [5.41, 5.74) is 7.65. The zero-order chi connectivity index (χ0) is 13.2. The maximum atomic E-state index is 6.25. The topological polar surface area (TPSA) is 26.0 Å². The second-order valence-electron chi connectivity index (χ2n) is 5.64. The lowest BCUT2D eigenvalue weighted by molar-refractivity contribution is 0.738. The SMILES string of the molecule is CC(C)(C)SCC(N)Cc1csc2ccccc12. The molecule has 0 amide bonds.